The predicted octanol–water partition coefficient (Wildman–Crippen LogP) is 5.84. The Bertz CT molecular complexity index is 1270. The summed E-state index contributed by atoms with van der Waals surface area (Å²) in [7, 11) is 3.19. The minimum absolute atomic E-state index is 0.0342. The summed E-state index contributed by atoms with van der Waals surface area (Å²) in [5.74, 6) is 0.906. The van der Waals surface area contributed by atoms with Crippen LogP contribution in [0.4, 0.5) is 0 Å². The monoisotopic (exact) mass is 519 g/mol. The average Bonchev–Trinajstić information content (AvgIpc) is 2.89. The highest BCUT2D eigenvalue weighted by atomic mass is 16.5. The van der Waals surface area contributed by atoms with Crippen LogP contribution in [-0.2, 0) is 20.9 Å². The van der Waals surface area contributed by atoms with E-state index in [1.54, 1.807) is 14.2 Å². The lowest BCUT2D eigenvalue weighted by molar-refractivity contribution is -0.140. The number of allylic oxidation sites excluding steroid dienone is 3. The Morgan fingerprint density at radius 2 is 1.76 bits per heavy atom. The molecule has 0 aromatic heterocycles. The molecule has 1 aliphatic carbocycles. The molecule has 0 unspecified atom stereocenters. The van der Waals surface area contributed by atoms with Crippen LogP contribution < -0.4 is 19.5 Å². The smallest absolute Gasteiger partial charge is 0.337 e. The van der Waals surface area contributed by atoms with Gasteiger partial charge in [0.1, 0.15) is 12.4 Å². The first-order valence-corrected chi connectivity index (χ1v) is 13.0. The van der Waals surface area contributed by atoms with Crippen molar-refractivity contribution in [1.82, 2.24) is 5.32 Å². The molecule has 38 heavy (non-hydrogen) atoms. The van der Waals surface area contributed by atoms with Gasteiger partial charge in [-0.2, -0.15) is 0 Å². The van der Waals surface area contributed by atoms with Crippen LogP contribution in [-0.4, -0.2) is 32.6 Å². The molecule has 0 bridgehead atoms. The van der Waals surface area contributed by atoms with Gasteiger partial charge >= 0.3 is 5.97 Å². The Hall–Kier alpha value is -3.74. The number of methoxy groups -OCH3 is 2. The van der Waals surface area contributed by atoms with Crippen molar-refractivity contribution in [1.29, 1.82) is 0 Å². The summed E-state index contributed by atoms with van der Waals surface area (Å²) in [4.78, 5) is 27.2. The molecular formula is C31H37NO6. The van der Waals surface area contributed by atoms with Gasteiger partial charge < -0.3 is 24.3 Å². The molecule has 2 aliphatic rings. The van der Waals surface area contributed by atoms with Crippen molar-refractivity contribution in [2.45, 2.75) is 59.5 Å². The van der Waals surface area contributed by atoms with Crippen LogP contribution >= 0.6 is 0 Å². The van der Waals surface area contributed by atoms with Gasteiger partial charge in [0.2, 0.25) is 0 Å². The van der Waals surface area contributed by atoms with E-state index in [0.29, 0.717) is 47.8 Å². The highest BCUT2D eigenvalue weighted by Crippen LogP contribution is 2.48. The number of nitrogens with one attached hydrogen (secondary N) is 1. The van der Waals surface area contributed by atoms with Gasteiger partial charge in [-0.15, -0.1) is 0 Å². The lowest BCUT2D eigenvalue weighted by atomic mass is 9.68. The number of benzene rings is 2. The maximum absolute atomic E-state index is 13.6. The third kappa shape index (κ3) is 5.72. The van der Waals surface area contributed by atoms with Crippen molar-refractivity contribution in [2.24, 2.45) is 5.41 Å². The summed E-state index contributed by atoms with van der Waals surface area (Å²) in [6.07, 6.45) is 1.99. The molecule has 7 heteroatoms. The fourth-order valence-electron chi connectivity index (χ4n) is 5.18. The van der Waals surface area contributed by atoms with Crippen LogP contribution in [0.3, 0.4) is 0 Å². The van der Waals surface area contributed by atoms with E-state index in [1.807, 2.05) is 56.3 Å². The summed E-state index contributed by atoms with van der Waals surface area (Å²) < 4.78 is 22.5. The third-order valence-electron chi connectivity index (χ3n) is 6.97. The van der Waals surface area contributed by atoms with Crippen LogP contribution in [0, 0.1) is 5.41 Å². The summed E-state index contributed by atoms with van der Waals surface area (Å²) in [5, 5.41) is 3.38. The fourth-order valence-corrected chi connectivity index (χ4v) is 5.18. The van der Waals surface area contributed by atoms with Crippen LogP contribution in [0.2, 0.25) is 0 Å². The van der Waals surface area contributed by atoms with Crippen LogP contribution in [0.15, 0.2) is 65.0 Å². The molecule has 0 spiro atoms. The number of esters is 1. The van der Waals surface area contributed by atoms with Gasteiger partial charge in [0, 0.05) is 29.3 Å². The molecule has 1 N–H and O–H groups in total. The van der Waals surface area contributed by atoms with Gasteiger partial charge in [-0.05, 0) is 60.6 Å². The standard InChI is InChI=1S/C31H37NO6/c1-7-14-37-25-13-10-21(15-26(25)36-6)28-27(30(34)38-18-20-8-11-22(35-5)12-9-20)19(2)32-23-16-31(3,4)17-24(33)29(23)28/h8-13,15,28,32H,7,14,16-18H2,1-6H3/t28-/m0/s1. The highest BCUT2D eigenvalue weighted by Gasteiger charge is 2.43. The number of rotatable bonds is 9. The number of ketones is 1. The minimum Gasteiger partial charge on any atom is -0.497 e. The average molecular weight is 520 g/mol. The van der Waals surface area contributed by atoms with E-state index < -0.39 is 11.9 Å². The summed E-state index contributed by atoms with van der Waals surface area (Å²) in [6.45, 7) is 8.75. The fraction of sp³-hybridized carbons (Fsp3) is 0.419. The quantitative estimate of drug-likeness (QED) is 0.417. The lowest BCUT2D eigenvalue weighted by Crippen LogP contribution is -2.38. The SMILES string of the molecule is CCCOc1ccc([C@H]2C(C(=O)OCc3ccc(OC)cc3)=C(C)NC3=C2C(=O)CC(C)(C)C3)cc1OC. The molecule has 0 saturated carbocycles. The maximum Gasteiger partial charge on any atom is 0.337 e. The zero-order chi connectivity index (χ0) is 27.4. The van der Waals surface area contributed by atoms with Crippen LogP contribution in [0.1, 0.15) is 64.0 Å². The molecule has 1 atom stereocenters. The Morgan fingerprint density at radius 3 is 2.42 bits per heavy atom. The highest BCUT2D eigenvalue weighted by molar-refractivity contribution is 6.04. The van der Waals surface area contributed by atoms with Gasteiger partial charge in [0.15, 0.2) is 17.3 Å². The normalized spacial score (nSPS) is 18.5. The lowest BCUT2D eigenvalue weighted by Gasteiger charge is -2.39. The number of Topliss-reactive ketones (excluding diaryl/α,β-unsaturated/α-hetero) is 1. The largest absolute Gasteiger partial charge is 0.497 e. The Morgan fingerprint density at radius 1 is 1.03 bits per heavy atom. The molecule has 2 aromatic rings. The molecule has 1 aliphatic heterocycles. The Kier molecular flexibility index (Phi) is 8.14. The second kappa shape index (κ2) is 11.3. The number of ether oxygens (including phenoxy) is 4. The van der Waals surface area contributed by atoms with Gasteiger partial charge in [0.25, 0.3) is 0 Å². The molecule has 0 amide bonds. The van der Waals surface area contributed by atoms with E-state index in [0.717, 1.165) is 29.0 Å². The summed E-state index contributed by atoms with van der Waals surface area (Å²) in [5.41, 5.74) is 4.05. The number of hydrogen-bond donors (Lipinski definition) is 1. The van der Waals surface area contributed by atoms with E-state index >= 15 is 0 Å². The molecule has 0 saturated heterocycles. The second-order valence-corrected chi connectivity index (χ2v) is 10.6. The van der Waals surface area contributed by atoms with E-state index in [1.165, 1.54) is 0 Å². The first-order valence-electron chi connectivity index (χ1n) is 13.0. The predicted molar refractivity (Wildman–Crippen MR) is 145 cm³/mol. The number of carbonyl (C=O) groups is 2. The number of hydrogen-bond acceptors (Lipinski definition) is 7. The van der Waals surface area contributed by atoms with E-state index in [-0.39, 0.29) is 17.8 Å². The second-order valence-electron chi connectivity index (χ2n) is 10.6. The molecule has 7 nitrogen and oxygen atoms in total. The van der Waals surface area contributed by atoms with E-state index in [2.05, 4.69) is 19.2 Å². The zero-order valence-electron chi connectivity index (χ0n) is 23.1. The van der Waals surface area contributed by atoms with Crippen molar-refractivity contribution in [2.75, 3.05) is 20.8 Å². The Balaban J connectivity index is 1.72. The zero-order valence-corrected chi connectivity index (χ0v) is 23.1. The first kappa shape index (κ1) is 27.3. The van der Waals surface area contributed by atoms with Crippen molar-refractivity contribution < 1.29 is 28.5 Å². The summed E-state index contributed by atoms with van der Waals surface area (Å²) >= 11 is 0. The third-order valence-corrected chi connectivity index (χ3v) is 6.97. The molecule has 0 fully saturated rings. The van der Waals surface area contributed by atoms with Gasteiger partial charge in [-0.25, -0.2) is 4.79 Å². The number of dihydropyridines is 1. The number of carbonyl (C=O) groups excluding carboxylic acids is 2. The minimum atomic E-state index is -0.577. The molecule has 4 rings (SSSR count). The van der Waals surface area contributed by atoms with Gasteiger partial charge in [-0.1, -0.05) is 39.0 Å². The van der Waals surface area contributed by atoms with Crippen molar-refractivity contribution in [3.8, 4) is 17.2 Å². The first-order chi connectivity index (χ1) is 18.2. The topological polar surface area (TPSA) is 83.1 Å². The van der Waals surface area contributed by atoms with Gasteiger partial charge in [-0.3, -0.25) is 4.79 Å². The molecule has 202 valence electrons. The molecular weight excluding hydrogens is 482 g/mol. The molecule has 1 heterocycles. The van der Waals surface area contributed by atoms with Crippen molar-refractivity contribution in [3.63, 3.8) is 0 Å². The molecule has 2 aromatic carbocycles. The Labute approximate surface area is 224 Å². The van der Waals surface area contributed by atoms with Crippen molar-refractivity contribution >= 4 is 11.8 Å². The van der Waals surface area contributed by atoms with Crippen LogP contribution in [0.25, 0.3) is 0 Å². The van der Waals surface area contributed by atoms with E-state index in [9.17, 15) is 9.59 Å². The van der Waals surface area contributed by atoms with Gasteiger partial charge in [0.05, 0.1) is 26.4 Å². The van der Waals surface area contributed by atoms with E-state index in [4.69, 9.17) is 18.9 Å². The summed E-state index contributed by atoms with van der Waals surface area (Å²) in [6, 6.07) is 13.0. The maximum atomic E-state index is 13.6. The molecule has 0 radical (unpaired) electrons. The van der Waals surface area contributed by atoms with Crippen molar-refractivity contribution in [3.05, 3.63) is 76.1 Å². The van der Waals surface area contributed by atoms with Crippen LogP contribution in [0.5, 0.6) is 17.2 Å².